The number of hydrogen-bond donors (Lipinski definition) is 2. The van der Waals surface area contributed by atoms with Gasteiger partial charge in [0.15, 0.2) is 0 Å². The number of nitrogens with zero attached hydrogens (tertiary/aromatic N) is 4. The van der Waals surface area contributed by atoms with Crippen LogP contribution >= 0.6 is 0 Å². The molecule has 30 heavy (non-hydrogen) atoms. The van der Waals surface area contributed by atoms with Crippen molar-refractivity contribution >= 4 is 27.6 Å². The predicted octanol–water partition coefficient (Wildman–Crippen LogP) is 2.62. The van der Waals surface area contributed by atoms with Gasteiger partial charge in [-0.25, -0.2) is 23.5 Å². The van der Waals surface area contributed by atoms with E-state index in [1.54, 1.807) is 18.2 Å². The summed E-state index contributed by atoms with van der Waals surface area (Å²) < 4.78 is 22.7. The number of primary sulfonamides is 1. The monoisotopic (exact) mass is 424 g/mol. The molecule has 9 heteroatoms. The van der Waals surface area contributed by atoms with Crippen LogP contribution < -0.4 is 15.4 Å². The number of nitrogens with two attached hydrogens (primary N) is 1. The van der Waals surface area contributed by atoms with Crippen molar-refractivity contribution in [2.24, 2.45) is 5.14 Å². The fraction of sp³-hybridized carbons (Fsp3) is 0.286. The Morgan fingerprint density at radius 3 is 2.67 bits per heavy atom. The lowest BCUT2D eigenvalue weighted by Crippen LogP contribution is -2.32. The Balaban J connectivity index is 1.49. The second-order valence-corrected chi connectivity index (χ2v) is 9.04. The minimum Gasteiger partial charge on any atom is -0.337 e. The third kappa shape index (κ3) is 5.31. The summed E-state index contributed by atoms with van der Waals surface area (Å²) in [6.07, 6.45) is 4.64. The molecule has 0 radical (unpaired) electrons. The fourth-order valence-corrected chi connectivity index (χ4v) is 4.43. The second-order valence-electron chi connectivity index (χ2n) is 7.42. The molecule has 1 aromatic heterocycles. The molecule has 1 unspecified atom stereocenters. The van der Waals surface area contributed by atoms with Crippen LogP contribution in [0.3, 0.4) is 0 Å². The molecule has 3 aromatic rings. The van der Waals surface area contributed by atoms with Crippen LogP contribution in [-0.2, 0) is 22.2 Å². The number of nitrogens with one attached hydrogen (secondary N) is 1. The maximum atomic E-state index is 11.3. The third-order valence-corrected chi connectivity index (χ3v) is 5.79. The van der Waals surface area contributed by atoms with Gasteiger partial charge in [-0.2, -0.15) is 4.98 Å². The molecule has 8 nitrogen and oxygen atoms in total. The van der Waals surface area contributed by atoms with Gasteiger partial charge in [-0.05, 0) is 42.5 Å². The average molecular weight is 425 g/mol. The molecule has 0 saturated carbocycles. The standard InChI is InChI=1S/C21H24N6O2S/c22-30(28,29)14-17-8-4-9-18(12-17)25-20-23-15-24-21(26-20)27-11-5-10-19(27)13-16-6-2-1-3-7-16/h1-4,6-9,12,15,19H,5,10-11,13-14H2,(H2,22,28,29)(H,23,24,25,26). The number of hydrogen-bond acceptors (Lipinski definition) is 7. The van der Waals surface area contributed by atoms with Gasteiger partial charge in [0.1, 0.15) is 6.33 Å². The molecule has 3 N–H and O–H groups in total. The lowest BCUT2D eigenvalue weighted by atomic mass is 10.0. The molecule has 0 aliphatic carbocycles. The molecule has 0 spiro atoms. The second kappa shape index (κ2) is 8.76. The maximum absolute atomic E-state index is 11.3. The van der Waals surface area contributed by atoms with Crippen molar-refractivity contribution in [1.82, 2.24) is 15.0 Å². The maximum Gasteiger partial charge on any atom is 0.231 e. The van der Waals surface area contributed by atoms with E-state index < -0.39 is 10.0 Å². The van der Waals surface area contributed by atoms with Crippen molar-refractivity contribution in [2.45, 2.75) is 31.1 Å². The Bertz CT molecular complexity index is 1110. The van der Waals surface area contributed by atoms with E-state index in [1.807, 2.05) is 12.1 Å². The molecule has 1 fully saturated rings. The lowest BCUT2D eigenvalue weighted by Gasteiger charge is -2.24. The first-order chi connectivity index (χ1) is 14.5. The van der Waals surface area contributed by atoms with Crippen molar-refractivity contribution in [3.63, 3.8) is 0 Å². The van der Waals surface area contributed by atoms with Gasteiger partial charge in [0.05, 0.1) is 5.75 Å². The molecule has 4 rings (SSSR count). The summed E-state index contributed by atoms with van der Waals surface area (Å²) in [4.78, 5) is 15.4. The summed E-state index contributed by atoms with van der Waals surface area (Å²) in [5, 5.41) is 8.28. The van der Waals surface area contributed by atoms with Gasteiger partial charge in [0, 0.05) is 18.3 Å². The zero-order valence-corrected chi connectivity index (χ0v) is 17.3. The topological polar surface area (TPSA) is 114 Å². The predicted molar refractivity (Wildman–Crippen MR) is 117 cm³/mol. The molecule has 2 heterocycles. The van der Waals surface area contributed by atoms with Gasteiger partial charge in [0.25, 0.3) is 0 Å². The van der Waals surface area contributed by atoms with Crippen LogP contribution in [0.4, 0.5) is 17.6 Å². The molecule has 0 amide bonds. The van der Waals surface area contributed by atoms with Gasteiger partial charge in [-0.3, -0.25) is 0 Å². The Labute approximate surface area is 176 Å². The molecule has 0 bridgehead atoms. The van der Waals surface area contributed by atoms with Crippen LogP contribution in [0, 0.1) is 0 Å². The van der Waals surface area contributed by atoms with Gasteiger partial charge in [-0.15, -0.1) is 0 Å². The summed E-state index contributed by atoms with van der Waals surface area (Å²) in [5.41, 5.74) is 2.59. The van der Waals surface area contributed by atoms with Gasteiger partial charge in [0.2, 0.25) is 21.9 Å². The molecule has 1 saturated heterocycles. The minimum atomic E-state index is -3.59. The largest absolute Gasteiger partial charge is 0.337 e. The summed E-state index contributed by atoms with van der Waals surface area (Å²) in [6.45, 7) is 0.908. The summed E-state index contributed by atoms with van der Waals surface area (Å²) in [5.74, 6) is 0.838. The molecule has 1 aliphatic heterocycles. The van der Waals surface area contributed by atoms with Crippen LogP contribution in [0.15, 0.2) is 60.9 Å². The first-order valence-corrected chi connectivity index (χ1v) is 11.5. The quantitative estimate of drug-likeness (QED) is 0.599. The van der Waals surface area contributed by atoms with Crippen molar-refractivity contribution in [1.29, 1.82) is 0 Å². The molecular formula is C21H24N6O2S. The van der Waals surface area contributed by atoms with Crippen LogP contribution in [-0.4, -0.2) is 36.0 Å². The van der Waals surface area contributed by atoms with Gasteiger partial charge < -0.3 is 10.2 Å². The van der Waals surface area contributed by atoms with Crippen LogP contribution in [0.5, 0.6) is 0 Å². The van der Waals surface area contributed by atoms with Gasteiger partial charge in [-0.1, -0.05) is 42.5 Å². The van der Waals surface area contributed by atoms with E-state index in [0.29, 0.717) is 29.2 Å². The molecule has 156 valence electrons. The van der Waals surface area contributed by atoms with Crippen molar-refractivity contribution in [2.75, 3.05) is 16.8 Å². The Morgan fingerprint density at radius 2 is 1.87 bits per heavy atom. The molecule has 1 atom stereocenters. The van der Waals surface area contributed by atoms with E-state index in [-0.39, 0.29) is 5.75 Å². The van der Waals surface area contributed by atoms with E-state index >= 15 is 0 Å². The highest BCUT2D eigenvalue weighted by Gasteiger charge is 2.27. The van der Waals surface area contributed by atoms with E-state index in [4.69, 9.17) is 5.14 Å². The molecular weight excluding hydrogens is 400 g/mol. The smallest absolute Gasteiger partial charge is 0.231 e. The van der Waals surface area contributed by atoms with E-state index in [1.165, 1.54) is 11.9 Å². The lowest BCUT2D eigenvalue weighted by molar-refractivity contribution is 0.597. The first kappa shape index (κ1) is 20.2. The molecule has 2 aromatic carbocycles. The zero-order chi connectivity index (χ0) is 21.0. The number of sulfonamides is 1. The highest BCUT2D eigenvalue weighted by atomic mass is 32.2. The molecule has 1 aliphatic rings. The van der Waals surface area contributed by atoms with Gasteiger partial charge >= 0.3 is 0 Å². The highest BCUT2D eigenvalue weighted by Crippen LogP contribution is 2.26. The van der Waals surface area contributed by atoms with Crippen molar-refractivity contribution in [3.8, 4) is 0 Å². The summed E-state index contributed by atoms with van der Waals surface area (Å²) >= 11 is 0. The Hall–Kier alpha value is -3.04. The number of benzene rings is 2. The first-order valence-electron chi connectivity index (χ1n) is 9.82. The summed E-state index contributed by atoms with van der Waals surface area (Å²) in [6, 6.07) is 17.8. The van der Waals surface area contributed by atoms with Crippen molar-refractivity contribution < 1.29 is 8.42 Å². The number of rotatable bonds is 7. The zero-order valence-electron chi connectivity index (χ0n) is 16.5. The average Bonchev–Trinajstić information content (AvgIpc) is 3.16. The number of aromatic nitrogens is 3. The third-order valence-electron chi connectivity index (χ3n) is 5.06. The fourth-order valence-electron chi connectivity index (χ4n) is 3.78. The Kier molecular flexibility index (Phi) is 5.91. The van der Waals surface area contributed by atoms with E-state index in [0.717, 1.165) is 25.8 Å². The SMILES string of the molecule is NS(=O)(=O)Cc1cccc(Nc2ncnc(N3CCCC3Cc3ccccc3)n2)c1. The van der Waals surface area contributed by atoms with E-state index in [9.17, 15) is 8.42 Å². The summed E-state index contributed by atoms with van der Waals surface area (Å²) in [7, 11) is -3.59. The van der Waals surface area contributed by atoms with Crippen LogP contribution in [0.1, 0.15) is 24.0 Å². The van der Waals surface area contributed by atoms with Crippen LogP contribution in [0.2, 0.25) is 0 Å². The minimum absolute atomic E-state index is 0.222. The highest BCUT2D eigenvalue weighted by molar-refractivity contribution is 7.88. The Morgan fingerprint density at radius 1 is 1.07 bits per heavy atom. The van der Waals surface area contributed by atoms with E-state index in [2.05, 4.69) is 49.4 Å². The number of anilines is 3. The normalized spacial score (nSPS) is 16.6. The van der Waals surface area contributed by atoms with Crippen molar-refractivity contribution in [3.05, 3.63) is 72.1 Å². The van der Waals surface area contributed by atoms with Crippen LogP contribution in [0.25, 0.3) is 0 Å².